The molecule has 1 heterocycles. The topological polar surface area (TPSA) is 81.1 Å². The van der Waals surface area contributed by atoms with E-state index >= 15 is 0 Å². The highest BCUT2D eigenvalue weighted by Gasteiger charge is 2.42. The van der Waals surface area contributed by atoms with Crippen molar-refractivity contribution in [3.63, 3.8) is 0 Å². The van der Waals surface area contributed by atoms with Crippen molar-refractivity contribution in [2.45, 2.75) is 46.5 Å². The minimum Gasteiger partial charge on any atom is -0.351 e. The highest BCUT2D eigenvalue weighted by Crippen LogP contribution is 2.37. The lowest BCUT2D eigenvalue weighted by atomic mass is 9.86. The van der Waals surface area contributed by atoms with Gasteiger partial charge < -0.3 is 5.32 Å². The monoisotopic (exact) mass is 381 g/mol. The van der Waals surface area contributed by atoms with E-state index in [0.29, 0.717) is 18.7 Å². The first-order valence-electron chi connectivity index (χ1n) is 9.62. The predicted molar refractivity (Wildman–Crippen MR) is 106 cm³/mol. The number of rotatable bonds is 5. The van der Waals surface area contributed by atoms with Crippen molar-refractivity contribution in [3.05, 3.63) is 51.8 Å². The summed E-state index contributed by atoms with van der Waals surface area (Å²) in [6.07, 6.45) is 0.706. The maximum absolute atomic E-state index is 13.0. The van der Waals surface area contributed by atoms with E-state index in [-0.39, 0.29) is 29.8 Å². The Labute approximate surface area is 165 Å². The Hall–Kier alpha value is -2.76. The van der Waals surface area contributed by atoms with E-state index < -0.39 is 5.92 Å². The minimum atomic E-state index is -0.667. The Balaban J connectivity index is 1.65. The lowest BCUT2D eigenvalue weighted by Crippen LogP contribution is -2.27. The molecule has 1 amide bonds. The molecule has 1 aliphatic carbocycles. The van der Waals surface area contributed by atoms with Gasteiger partial charge in [0.1, 0.15) is 17.4 Å². The standard InChI is InChI=1S/C22H27N3O3/c1-12-8-13(2)19(14(3)9-12)20-18(26)11-16(21(20)27)6-7-23-22(28)17-10-15(4)25(5)24-17/h8-10,16,20H,6-7,11H2,1-5H3,(H,23,28). The van der Waals surface area contributed by atoms with Crippen LogP contribution in [0, 0.1) is 33.6 Å². The molecule has 1 N–H and O–H groups in total. The third-order valence-corrected chi connectivity index (χ3v) is 5.61. The van der Waals surface area contributed by atoms with Gasteiger partial charge in [-0.3, -0.25) is 19.1 Å². The van der Waals surface area contributed by atoms with Crippen molar-refractivity contribution < 1.29 is 14.4 Å². The highest BCUT2D eigenvalue weighted by atomic mass is 16.2. The average Bonchev–Trinajstić information content (AvgIpc) is 3.08. The average molecular weight is 381 g/mol. The summed E-state index contributed by atoms with van der Waals surface area (Å²) in [5, 5.41) is 6.96. The van der Waals surface area contributed by atoms with Gasteiger partial charge in [0.05, 0.1) is 0 Å². The van der Waals surface area contributed by atoms with Gasteiger partial charge in [0.2, 0.25) is 0 Å². The Morgan fingerprint density at radius 2 is 1.79 bits per heavy atom. The Morgan fingerprint density at radius 3 is 2.36 bits per heavy atom. The fourth-order valence-electron chi connectivity index (χ4n) is 4.17. The molecule has 0 spiro atoms. The molecule has 6 nitrogen and oxygen atoms in total. The largest absolute Gasteiger partial charge is 0.351 e. The van der Waals surface area contributed by atoms with Crippen LogP contribution in [0.15, 0.2) is 18.2 Å². The number of carbonyl (C=O) groups excluding carboxylic acids is 3. The van der Waals surface area contributed by atoms with E-state index in [2.05, 4.69) is 10.4 Å². The van der Waals surface area contributed by atoms with Crippen LogP contribution >= 0.6 is 0 Å². The summed E-state index contributed by atoms with van der Waals surface area (Å²) in [4.78, 5) is 37.8. The molecular weight excluding hydrogens is 354 g/mol. The van der Waals surface area contributed by atoms with Crippen LogP contribution < -0.4 is 5.32 Å². The molecule has 1 saturated carbocycles. The van der Waals surface area contributed by atoms with E-state index in [1.165, 1.54) is 0 Å². The zero-order valence-electron chi connectivity index (χ0n) is 17.1. The van der Waals surface area contributed by atoms with Crippen molar-refractivity contribution in [2.75, 3.05) is 6.54 Å². The van der Waals surface area contributed by atoms with Crippen LogP contribution in [0.25, 0.3) is 0 Å². The molecule has 0 saturated heterocycles. The molecule has 1 aliphatic rings. The summed E-state index contributed by atoms with van der Waals surface area (Å²) >= 11 is 0. The Kier molecular flexibility index (Phi) is 5.49. The molecule has 0 aliphatic heterocycles. The molecule has 2 atom stereocenters. The molecule has 3 rings (SSSR count). The van der Waals surface area contributed by atoms with Gasteiger partial charge in [-0.2, -0.15) is 5.10 Å². The Morgan fingerprint density at radius 1 is 1.14 bits per heavy atom. The van der Waals surface area contributed by atoms with Gasteiger partial charge in [0, 0.05) is 31.6 Å². The number of aromatic nitrogens is 2. The number of ketones is 2. The molecule has 148 valence electrons. The first-order valence-corrected chi connectivity index (χ1v) is 9.62. The van der Waals surface area contributed by atoms with Gasteiger partial charge in [-0.25, -0.2) is 0 Å². The quantitative estimate of drug-likeness (QED) is 0.808. The maximum Gasteiger partial charge on any atom is 0.271 e. The van der Waals surface area contributed by atoms with E-state index in [9.17, 15) is 14.4 Å². The summed E-state index contributed by atoms with van der Waals surface area (Å²) in [6, 6.07) is 5.76. The van der Waals surface area contributed by atoms with Crippen molar-refractivity contribution >= 4 is 17.5 Å². The predicted octanol–water partition coefficient (Wildman–Crippen LogP) is 2.72. The van der Waals surface area contributed by atoms with E-state index in [0.717, 1.165) is 27.9 Å². The number of hydrogen-bond donors (Lipinski definition) is 1. The van der Waals surface area contributed by atoms with Gasteiger partial charge in [0.25, 0.3) is 5.91 Å². The van der Waals surface area contributed by atoms with E-state index in [1.54, 1.807) is 17.8 Å². The van der Waals surface area contributed by atoms with Crippen LogP contribution in [-0.2, 0) is 16.6 Å². The lowest BCUT2D eigenvalue weighted by Gasteiger charge is -2.16. The van der Waals surface area contributed by atoms with Crippen LogP contribution in [0.1, 0.15) is 57.2 Å². The second-order valence-corrected chi connectivity index (χ2v) is 7.85. The van der Waals surface area contributed by atoms with Crippen molar-refractivity contribution in [2.24, 2.45) is 13.0 Å². The molecule has 0 radical (unpaired) electrons. The molecule has 0 bridgehead atoms. The second-order valence-electron chi connectivity index (χ2n) is 7.85. The summed E-state index contributed by atoms with van der Waals surface area (Å²) in [7, 11) is 1.78. The van der Waals surface area contributed by atoms with Crippen LogP contribution in [0.4, 0.5) is 0 Å². The minimum absolute atomic E-state index is 0.0169. The number of amides is 1. The molecule has 2 aromatic rings. The summed E-state index contributed by atoms with van der Waals surface area (Å²) in [6.45, 7) is 8.14. The maximum atomic E-state index is 13.0. The third-order valence-electron chi connectivity index (χ3n) is 5.61. The zero-order valence-corrected chi connectivity index (χ0v) is 17.1. The molecule has 28 heavy (non-hydrogen) atoms. The smallest absolute Gasteiger partial charge is 0.271 e. The first kappa shape index (κ1) is 20.0. The van der Waals surface area contributed by atoms with Crippen molar-refractivity contribution in [3.8, 4) is 0 Å². The number of benzene rings is 1. The van der Waals surface area contributed by atoms with Gasteiger partial charge in [-0.15, -0.1) is 0 Å². The van der Waals surface area contributed by atoms with Crippen LogP contribution in [0.2, 0.25) is 0 Å². The molecule has 1 aromatic carbocycles. The van der Waals surface area contributed by atoms with Gasteiger partial charge in [-0.05, 0) is 56.9 Å². The second kappa shape index (κ2) is 7.70. The van der Waals surface area contributed by atoms with Gasteiger partial charge in [-0.1, -0.05) is 17.7 Å². The van der Waals surface area contributed by atoms with Gasteiger partial charge >= 0.3 is 0 Å². The normalized spacial score (nSPS) is 19.3. The summed E-state index contributed by atoms with van der Waals surface area (Å²) in [5.41, 5.74) is 5.22. The van der Waals surface area contributed by atoms with Crippen molar-refractivity contribution in [1.82, 2.24) is 15.1 Å². The van der Waals surface area contributed by atoms with Crippen LogP contribution in [0.3, 0.4) is 0 Å². The first-order chi connectivity index (χ1) is 13.2. The van der Waals surface area contributed by atoms with Gasteiger partial charge in [0.15, 0.2) is 5.78 Å². The molecule has 6 heteroatoms. The third kappa shape index (κ3) is 3.77. The fraction of sp³-hybridized carbons (Fsp3) is 0.455. The summed E-state index contributed by atoms with van der Waals surface area (Å²) in [5.74, 6) is -1.31. The number of aryl methyl sites for hydroxylation is 5. The number of hydrogen-bond acceptors (Lipinski definition) is 4. The lowest BCUT2D eigenvalue weighted by molar-refractivity contribution is -0.124. The number of Topliss-reactive ketones (excluding diaryl/α,β-unsaturated/α-hetero) is 2. The van der Waals surface area contributed by atoms with Crippen molar-refractivity contribution in [1.29, 1.82) is 0 Å². The molecular formula is C22H27N3O3. The number of carbonyl (C=O) groups is 3. The molecule has 1 aromatic heterocycles. The fourth-order valence-corrected chi connectivity index (χ4v) is 4.17. The van der Waals surface area contributed by atoms with Crippen LogP contribution in [-0.4, -0.2) is 33.8 Å². The summed E-state index contributed by atoms with van der Waals surface area (Å²) < 4.78 is 1.64. The number of nitrogens with one attached hydrogen (secondary N) is 1. The van der Waals surface area contributed by atoms with Crippen LogP contribution in [0.5, 0.6) is 0 Å². The Bertz CT molecular complexity index is 915. The molecule has 2 unspecified atom stereocenters. The number of nitrogens with zero attached hydrogens (tertiary/aromatic N) is 2. The highest BCUT2D eigenvalue weighted by molar-refractivity contribution is 6.15. The molecule has 1 fully saturated rings. The van der Waals surface area contributed by atoms with E-state index in [4.69, 9.17) is 0 Å². The zero-order chi connectivity index (χ0) is 20.6. The SMILES string of the molecule is Cc1cc(C)c(C2C(=O)CC(CCNC(=O)c3cc(C)n(C)n3)C2=O)c(C)c1. The van der Waals surface area contributed by atoms with E-state index in [1.807, 2.05) is 39.8 Å².